The molecule has 1 aromatic heterocycles. The highest BCUT2D eigenvalue weighted by atomic mass is 16.5. The lowest BCUT2D eigenvalue weighted by Crippen LogP contribution is -2.22. The average molecular weight is 235 g/mol. The number of rotatable bonds is 8. The molecule has 0 spiro atoms. The molecule has 4 heteroatoms. The van der Waals surface area contributed by atoms with Crippen molar-refractivity contribution in [3.05, 3.63) is 36.4 Å². The molecule has 0 saturated carbocycles. The summed E-state index contributed by atoms with van der Waals surface area (Å²) in [6, 6.07) is 4.09. The van der Waals surface area contributed by atoms with Crippen LogP contribution in [0.15, 0.2) is 30.8 Å². The van der Waals surface area contributed by atoms with Gasteiger partial charge >= 0.3 is 0 Å². The normalized spacial score (nSPS) is 9.76. The Labute approximate surface area is 103 Å². The molecule has 0 radical (unpaired) electrons. The molecular formula is C13H21N3O. The van der Waals surface area contributed by atoms with Crippen LogP contribution in [0.5, 0.6) is 0 Å². The summed E-state index contributed by atoms with van der Waals surface area (Å²) >= 11 is 0. The van der Waals surface area contributed by atoms with Crippen molar-refractivity contribution in [2.24, 2.45) is 0 Å². The van der Waals surface area contributed by atoms with Gasteiger partial charge in [-0.2, -0.15) is 0 Å². The molecule has 2 N–H and O–H groups in total. The first-order chi connectivity index (χ1) is 8.26. The molecule has 0 unspecified atom stereocenters. The zero-order valence-corrected chi connectivity index (χ0v) is 10.6. The molecule has 0 amide bonds. The van der Waals surface area contributed by atoms with Gasteiger partial charge in [-0.25, -0.2) is 4.98 Å². The predicted octanol–water partition coefficient (Wildman–Crippen LogP) is 2.15. The third-order valence-corrected chi connectivity index (χ3v) is 2.30. The highest BCUT2D eigenvalue weighted by molar-refractivity contribution is 5.37. The Balaban J connectivity index is 2.24. The van der Waals surface area contributed by atoms with Gasteiger partial charge in [0.15, 0.2) is 5.88 Å². The van der Waals surface area contributed by atoms with Crippen molar-refractivity contribution < 1.29 is 4.74 Å². The molecular weight excluding hydrogens is 214 g/mol. The van der Waals surface area contributed by atoms with Gasteiger partial charge in [-0.1, -0.05) is 6.92 Å². The van der Waals surface area contributed by atoms with Crippen LogP contribution in [0.3, 0.4) is 0 Å². The molecule has 0 aliphatic heterocycles. The Kier molecular flexibility index (Phi) is 5.93. The lowest BCUT2D eigenvalue weighted by molar-refractivity contribution is 0.209. The molecule has 94 valence electrons. The molecule has 0 saturated heterocycles. The van der Waals surface area contributed by atoms with Crippen LogP contribution in [-0.2, 0) is 11.2 Å². The van der Waals surface area contributed by atoms with Gasteiger partial charge in [-0.05, 0) is 37.6 Å². The van der Waals surface area contributed by atoms with Crippen molar-refractivity contribution >= 4 is 5.82 Å². The third-order valence-electron chi connectivity index (χ3n) is 2.30. The van der Waals surface area contributed by atoms with Gasteiger partial charge in [0.05, 0.1) is 6.61 Å². The Morgan fingerprint density at radius 1 is 1.41 bits per heavy atom. The SMILES string of the molecule is C=C(NCCNc1cc(CC)ccn1)OCC. The molecule has 1 aromatic rings. The number of nitrogens with one attached hydrogen (secondary N) is 2. The fourth-order valence-corrected chi connectivity index (χ4v) is 1.41. The Bertz CT molecular complexity index is 352. The van der Waals surface area contributed by atoms with Gasteiger partial charge in [0, 0.05) is 19.3 Å². The quantitative estimate of drug-likeness (QED) is 0.535. The maximum absolute atomic E-state index is 5.18. The summed E-state index contributed by atoms with van der Waals surface area (Å²) in [4.78, 5) is 4.25. The molecule has 1 rings (SSSR count). The smallest absolute Gasteiger partial charge is 0.179 e. The van der Waals surface area contributed by atoms with E-state index < -0.39 is 0 Å². The highest BCUT2D eigenvalue weighted by Crippen LogP contribution is 2.06. The fraction of sp³-hybridized carbons (Fsp3) is 0.462. The number of nitrogens with zero attached hydrogens (tertiary/aromatic N) is 1. The van der Waals surface area contributed by atoms with Crippen molar-refractivity contribution in [1.82, 2.24) is 10.3 Å². The zero-order valence-electron chi connectivity index (χ0n) is 10.6. The van der Waals surface area contributed by atoms with E-state index in [1.54, 1.807) is 0 Å². The summed E-state index contributed by atoms with van der Waals surface area (Å²) in [7, 11) is 0. The molecule has 0 atom stereocenters. The van der Waals surface area contributed by atoms with Crippen molar-refractivity contribution in [3.63, 3.8) is 0 Å². The van der Waals surface area contributed by atoms with E-state index in [9.17, 15) is 0 Å². The maximum Gasteiger partial charge on any atom is 0.179 e. The minimum Gasteiger partial charge on any atom is -0.480 e. The monoisotopic (exact) mass is 235 g/mol. The fourth-order valence-electron chi connectivity index (χ4n) is 1.41. The van der Waals surface area contributed by atoms with Crippen LogP contribution in [0.1, 0.15) is 19.4 Å². The van der Waals surface area contributed by atoms with E-state index in [0.29, 0.717) is 12.5 Å². The Hall–Kier alpha value is -1.71. The largest absolute Gasteiger partial charge is 0.480 e. The van der Waals surface area contributed by atoms with Gasteiger partial charge in [-0.3, -0.25) is 0 Å². The second-order valence-electron chi connectivity index (χ2n) is 3.61. The Morgan fingerprint density at radius 3 is 2.94 bits per heavy atom. The van der Waals surface area contributed by atoms with Crippen LogP contribution in [0.25, 0.3) is 0 Å². The Morgan fingerprint density at radius 2 is 2.24 bits per heavy atom. The minimum absolute atomic E-state index is 0.615. The standard InChI is InChI=1S/C13H21N3O/c1-4-12-6-7-15-13(10-12)16-9-8-14-11(3)17-5-2/h6-7,10,14H,3-5,8-9H2,1-2H3,(H,15,16). The van der Waals surface area contributed by atoms with Gasteiger partial charge in [-0.15, -0.1) is 0 Å². The molecule has 0 aromatic carbocycles. The summed E-state index contributed by atoms with van der Waals surface area (Å²) in [6.07, 6.45) is 2.85. The van der Waals surface area contributed by atoms with Crippen molar-refractivity contribution in [3.8, 4) is 0 Å². The molecule has 0 bridgehead atoms. The van der Waals surface area contributed by atoms with E-state index in [0.717, 1.165) is 25.3 Å². The van der Waals surface area contributed by atoms with E-state index in [1.807, 2.05) is 19.2 Å². The van der Waals surface area contributed by atoms with E-state index in [-0.39, 0.29) is 0 Å². The van der Waals surface area contributed by atoms with Crippen LogP contribution >= 0.6 is 0 Å². The molecule has 0 aliphatic carbocycles. The average Bonchev–Trinajstić information content (AvgIpc) is 2.35. The third kappa shape index (κ3) is 5.24. The van der Waals surface area contributed by atoms with Crippen molar-refractivity contribution in [1.29, 1.82) is 0 Å². The number of ether oxygens (including phenoxy) is 1. The van der Waals surface area contributed by atoms with E-state index in [4.69, 9.17) is 4.74 Å². The summed E-state index contributed by atoms with van der Waals surface area (Å²) in [6.45, 7) is 9.99. The van der Waals surface area contributed by atoms with Gasteiger partial charge in [0.25, 0.3) is 0 Å². The molecule has 4 nitrogen and oxygen atoms in total. The number of aryl methyl sites for hydroxylation is 1. The van der Waals surface area contributed by atoms with Gasteiger partial charge in [0.2, 0.25) is 0 Å². The second-order valence-corrected chi connectivity index (χ2v) is 3.61. The summed E-state index contributed by atoms with van der Waals surface area (Å²) in [5.41, 5.74) is 1.29. The first-order valence-electron chi connectivity index (χ1n) is 6.00. The molecule has 17 heavy (non-hydrogen) atoms. The second kappa shape index (κ2) is 7.54. The summed E-state index contributed by atoms with van der Waals surface area (Å²) < 4.78 is 5.18. The summed E-state index contributed by atoms with van der Waals surface area (Å²) in [5, 5.41) is 6.32. The maximum atomic E-state index is 5.18. The lowest BCUT2D eigenvalue weighted by Gasteiger charge is -2.11. The van der Waals surface area contributed by atoms with Crippen LogP contribution in [-0.4, -0.2) is 24.7 Å². The molecule has 0 aliphatic rings. The van der Waals surface area contributed by atoms with Gasteiger partial charge in [0.1, 0.15) is 5.82 Å². The summed E-state index contributed by atoms with van der Waals surface area (Å²) in [5.74, 6) is 1.53. The first kappa shape index (κ1) is 13.4. The van der Waals surface area contributed by atoms with Crippen LogP contribution in [0.2, 0.25) is 0 Å². The number of hydrogen-bond acceptors (Lipinski definition) is 4. The van der Waals surface area contributed by atoms with E-state index >= 15 is 0 Å². The van der Waals surface area contributed by atoms with E-state index in [2.05, 4.69) is 35.2 Å². The molecule has 0 fully saturated rings. The van der Waals surface area contributed by atoms with Crippen LogP contribution < -0.4 is 10.6 Å². The number of anilines is 1. The number of pyridine rings is 1. The van der Waals surface area contributed by atoms with Gasteiger partial charge < -0.3 is 15.4 Å². The minimum atomic E-state index is 0.615. The number of aromatic nitrogens is 1. The number of hydrogen-bond donors (Lipinski definition) is 2. The lowest BCUT2D eigenvalue weighted by atomic mass is 10.2. The van der Waals surface area contributed by atoms with Crippen molar-refractivity contribution in [2.75, 3.05) is 25.0 Å². The first-order valence-corrected chi connectivity index (χ1v) is 6.00. The zero-order chi connectivity index (χ0) is 12.5. The molecule has 1 heterocycles. The van der Waals surface area contributed by atoms with Crippen LogP contribution in [0, 0.1) is 0 Å². The van der Waals surface area contributed by atoms with Crippen LogP contribution in [0.4, 0.5) is 5.82 Å². The highest BCUT2D eigenvalue weighted by Gasteiger charge is 1.95. The topological polar surface area (TPSA) is 46.2 Å². The van der Waals surface area contributed by atoms with Crippen molar-refractivity contribution in [2.45, 2.75) is 20.3 Å². The van der Waals surface area contributed by atoms with E-state index in [1.165, 1.54) is 5.56 Å². The predicted molar refractivity (Wildman–Crippen MR) is 70.9 cm³/mol.